The van der Waals surface area contributed by atoms with Crippen LogP contribution in [0.25, 0.3) is 172 Å². The Morgan fingerprint density at radius 2 is 0.547 bits per heavy atom. The van der Waals surface area contributed by atoms with Gasteiger partial charge in [0.15, 0.2) is 0 Å². The quantitative estimate of drug-likeness (QED) is 0.130. The summed E-state index contributed by atoms with van der Waals surface area (Å²) in [5.74, 6) is 0. The van der Waals surface area contributed by atoms with Crippen LogP contribution >= 0.6 is 0 Å². The minimum atomic E-state index is 0.146. The summed E-state index contributed by atoms with van der Waals surface area (Å²) in [6.07, 6.45) is 0. The summed E-state index contributed by atoms with van der Waals surface area (Å²) in [6, 6.07) is 89.9. The van der Waals surface area contributed by atoms with E-state index < -0.39 is 0 Å². The van der Waals surface area contributed by atoms with Gasteiger partial charge in [-0.2, -0.15) is 0 Å². The van der Waals surface area contributed by atoms with Gasteiger partial charge in [-0.1, -0.05) is 60.7 Å². The Labute approximate surface area is 435 Å². The Bertz CT molecular complexity index is 5200. The van der Waals surface area contributed by atoms with Gasteiger partial charge < -0.3 is 4.42 Å². The molecular formula is C72H40O2Se. The Morgan fingerprint density at radius 1 is 0.213 bits per heavy atom. The average molecular weight is 1020 g/mol. The third kappa shape index (κ3) is 5.97. The second-order valence-corrected chi connectivity index (χ2v) is 22.4. The van der Waals surface area contributed by atoms with Crippen LogP contribution in [0.15, 0.2) is 251 Å². The summed E-state index contributed by atoms with van der Waals surface area (Å²) >= 11 is 0.146. The van der Waals surface area contributed by atoms with Crippen molar-refractivity contribution in [3.63, 3.8) is 0 Å². The Morgan fingerprint density at radius 3 is 0.973 bits per heavy atom. The van der Waals surface area contributed by atoms with Crippen LogP contribution in [-0.4, -0.2) is 14.5 Å². The van der Waals surface area contributed by atoms with Gasteiger partial charge in [-0.05, 0) is 28.3 Å². The van der Waals surface area contributed by atoms with Crippen molar-refractivity contribution < 1.29 is 8.83 Å². The molecule has 0 atom stereocenters. The van der Waals surface area contributed by atoms with E-state index in [1.165, 1.54) is 139 Å². The number of hydrogen-bond acceptors (Lipinski definition) is 2. The van der Waals surface area contributed by atoms with Gasteiger partial charge in [0.2, 0.25) is 0 Å². The van der Waals surface area contributed by atoms with Crippen LogP contribution in [0, 0.1) is 0 Å². The van der Waals surface area contributed by atoms with Crippen molar-refractivity contribution in [2.75, 3.05) is 0 Å². The van der Waals surface area contributed by atoms with E-state index in [9.17, 15) is 0 Å². The van der Waals surface area contributed by atoms with E-state index in [0.717, 1.165) is 33.1 Å². The third-order valence-corrected chi connectivity index (χ3v) is 18.6. The van der Waals surface area contributed by atoms with E-state index in [1.54, 1.807) is 0 Å². The summed E-state index contributed by atoms with van der Waals surface area (Å²) in [5.41, 5.74) is 13.6. The van der Waals surface area contributed by atoms with Crippen molar-refractivity contribution in [2.24, 2.45) is 0 Å². The summed E-state index contributed by atoms with van der Waals surface area (Å²) in [6.45, 7) is 0. The molecule has 0 radical (unpaired) electrons. The van der Waals surface area contributed by atoms with Crippen LogP contribution in [0.3, 0.4) is 0 Å². The average Bonchev–Trinajstić information content (AvgIpc) is 4.17. The zero-order valence-corrected chi connectivity index (χ0v) is 42.0. The monoisotopic (exact) mass is 1020 g/mol. The fraction of sp³-hybridized carbons (Fsp3) is 0. The zero-order valence-electron chi connectivity index (χ0n) is 40.3. The van der Waals surface area contributed by atoms with Crippen LogP contribution in [0.4, 0.5) is 0 Å². The van der Waals surface area contributed by atoms with Crippen molar-refractivity contribution in [3.05, 3.63) is 243 Å². The molecule has 0 aliphatic heterocycles. The third-order valence-electron chi connectivity index (χ3n) is 16.2. The second-order valence-electron chi connectivity index (χ2n) is 20.2. The van der Waals surface area contributed by atoms with Crippen LogP contribution in [0.2, 0.25) is 0 Å². The molecule has 2 nitrogen and oxygen atoms in total. The Balaban J connectivity index is 0.822. The van der Waals surface area contributed by atoms with E-state index in [0.29, 0.717) is 0 Å². The zero-order chi connectivity index (χ0) is 48.9. The van der Waals surface area contributed by atoms with E-state index in [-0.39, 0.29) is 14.5 Å². The fourth-order valence-corrected chi connectivity index (χ4v) is 15.4. The van der Waals surface area contributed by atoms with Gasteiger partial charge in [0, 0.05) is 0 Å². The summed E-state index contributed by atoms with van der Waals surface area (Å²) < 4.78 is 15.8. The van der Waals surface area contributed by atoms with E-state index in [1.807, 2.05) is 0 Å². The molecule has 0 amide bonds. The molecule has 0 unspecified atom stereocenters. The van der Waals surface area contributed by atoms with E-state index in [4.69, 9.17) is 8.83 Å². The van der Waals surface area contributed by atoms with Gasteiger partial charge in [-0.25, -0.2) is 0 Å². The molecule has 0 spiro atoms. The van der Waals surface area contributed by atoms with Gasteiger partial charge in [0.25, 0.3) is 0 Å². The van der Waals surface area contributed by atoms with E-state index in [2.05, 4.69) is 243 Å². The fourth-order valence-electron chi connectivity index (χ4n) is 13.0. The number of furan rings is 2. The molecule has 0 saturated heterocycles. The predicted molar refractivity (Wildman–Crippen MR) is 320 cm³/mol. The Hall–Kier alpha value is -9.24. The van der Waals surface area contributed by atoms with Crippen molar-refractivity contribution in [2.45, 2.75) is 0 Å². The number of hydrogen-bond donors (Lipinski definition) is 0. The summed E-state index contributed by atoms with van der Waals surface area (Å²) in [5, 5.41) is 22.2. The molecular weight excluding hydrogens is 976 g/mol. The van der Waals surface area contributed by atoms with Gasteiger partial charge in [0.05, 0.1) is 0 Å². The van der Waals surface area contributed by atoms with Crippen molar-refractivity contribution in [1.82, 2.24) is 0 Å². The molecule has 17 aromatic rings. The standard InChI is InChI=1S/C72H40O2Se/c1-3-15-47-41(13-1)26-34-63-71(47)59-38-43(28-32-61(59)73-63)67-50-17-5-7-19-52(50)69(53-20-8-6-18-51(53)67)45-30-36-65-58(37-45)49-31-25-46(40-66(49)75-65)70-56-23-11-9-21-54(56)68(55-22-10-12-24-57(55)70)44-29-33-62-60(39-44)72-48-16-4-2-14-42(48)27-35-64(72)74-62/h1-40H. The normalized spacial score (nSPS) is 12.3. The number of benzene rings is 14. The van der Waals surface area contributed by atoms with E-state index >= 15 is 0 Å². The molecule has 0 bridgehead atoms. The first-order chi connectivity index (χ1) is 37.2. The van der Waals surface area contributed by atoms with Crippen molar-refractivity contribution >= 4 is 142 Å². The molecule has 0 N–H and O–H groups in total. The molecule has 0 aliphatic rings. The molecule has 3 heterocycles. The topological polar surface area (TPSA) is 26.3 Å². The summed E-state index contributed by atoms with van der Waals surface area (Å²) in [4.78, 5) is 0. The second kappa shape index (κ2) is 15.6. The van der Waals surface area contributed by atoms with Gasteiger partial charge in [0.1, 0.15) is 5.58 Å². The maximum atomic E-state index is 6.47. The molecule has 17 rings (SSSR count). The SMILES string of the molecule is c1ccc2c(c1)ccc1oc3ccc(-c4c5ccccc5c(-c5ccc6c(c5)[se]c5ccc(-c7c8ccccc8c(-c8ccc9oc%10ccc%11ccccc%11c%10c9c8)c8ccccc78)cc56)c5ccccc45)cc3c12. The molecule has 0 fully saturated rings. The molecule has 346 valence electrons. The van der Waals surface area contributed by atoms with Crippen LogP contribution in [0.1, 0.15) is 0 Å². The van der Waals surface area contributed by atoms with Crippen LogP contribution in [0.5, 0.6) is 0 Å². The Kier molecular flexibility index (Phi) is 8.60. The molecule has 14 aromatic carbocycles. The first kappa shape index (κ1) is 41.3. The maximum absolute atomic E-state index is 6.47. The molecule has 0 saturated carbocycles. The first-order valence-electron chi connectivity index (χ1n) is 25.7. The van der Waals surface area contributed by atoms with Crippen molar-refractivity contribution in [3.8, 4) is 44.5 Å². The number of fused-ring (bicyclic) bond motifs is 17. The van der Waals surface area contributed by atoms with Gasteiger partial charge in [-0.15, -0.1) is 0 Å². The molecule has 0 aliphatic carbocycles. The first-order valence-corrected chi connectivity index (χ1v) is 27.4. The van der Waals surface area contributed by atoms with Gasteiger partial charge in [-0.3, -0.25) is 0 Å². The molecule has 3 heteroatoms. The molecule has 3 aromatic heterocycles. The number of rotatable bonds is 4. The predicted octanol–water partition coefficient (Wildman–Crippen LogP) is 20.4. The minimum absolute atomic E-state index is 0.146. The van der Waals surface area contributed by atoms with Crippen LogP contribution in [-0.2, 0) is 0 Å². The molecule has 75 heavy (non-hydrogen) atoms. The van der Waals surface area contributed by atoms with Crippen LogP contribution < -0.4 is 0 Å². The van der Waals surface area contributed by atoms with Crippen molar-refractivity contribution in [1.29, 1.82) is 0 Å². The van der Waals surface area contributed by atoms with Gasteiger partial charge >= 0.3 is 339 Å². The summed E-state index contributed by atoms with van der Waals surface area (Å²) in [7, 11) is 0.